The van der Waals surface area contributed by atoms with Crippen molar-refractivity contribution in [2.75, 3.05) is 28.4 Å². The number of nitrogens with two attached hydrogens (primary N) is 1. The predicted octanol–water partition coefficient (Wildman–Crippen LogP) is 3.65. The molecular weight excluding hydrogens is 474 g/mol. The third-order valence-electron chi connectivity index (χ3n) is 6.51. The summed E-state index contributed by atoms with van der Waals surface area (Å²) in [6.45, 7) is 2.23. The summed E-state index contributed by atoms with van der Waals surface area (Å²) in [6, 6.07) is 14.9. The third-order valence-corrected chi connectivity index (χ3v) is 6.51. The van der Waals surface area contributed by atoms with Gasteiger partial charge in [-0.3, -0.25) is 4.79 Å². The lowest BCUT2D eigenvalue weighted by Gasteiger charge is -2.28. The van der Waals surface area contributed by atoms with E-state index in [-0.39, 0.29) is 17.0 Å². The Morgan fingerprint density at radius 1 is 1.00 bits per heavy atom. The van der Waals surface area contributed by atoms with E-state index in [1.54, 1.807) is 43.1 Å². The molecule has 4 rings (SSSR count). The highest BCUT2D eigenvalue weighted by atomic mass is 16.5. The van der Waals surface area contributed by atoms with Crippen LogP contribution in [0.15, 0.2) is 58.7 Å². The average molecular weight is 504 g/mol. The van der Waals surface area contributed by atoms with Crippen molar-refractivity contribution in [1.82, 2.24) is 4.57 Å². The summed E-state index contributed by atoms with van der Waals surface area (Å²) in [4.78, 5) is 14.0. The van der Waals surface area contributed by atoms with E-state index in [0.29, 0.717) is 58.5 Å². The highest BCUT2D eigenvalue weighted by molar-refractivity contribution is 5.60. The maximum atomic E-state index is 14.0. The van der Waals surface area contributed by atoms with Gasteiger partial charge in [-0.15, -0.1) is 0 Å². The molecule has 2 heterocycles. The molecule has 3 aromatic rings. The molecule has 0 aliphatic carbocycles. The minimum Gasteiger partial charge on any atom is -0.493 e. The van der Waals surface area contributed by atoms with Crippen molar-refractivity contribution >= 4 is 0 Å². The lowest BCUT2D eigenvalue weighted by molar-refractivity contribution is 0.348. The Hall–Kier alpha value is -4.58. The van der Waals surface area contributed by atoms with E-state index in [9.17, 15) is 10.1 Å². The molecule has 9 nitrogen and oxygen atoms in total. The number of methoxy groups -OCH3 is 4. The van der Waals surface area contributed by atoms with Gasteiger partial charge in [-0.1, -0.05) is 18.2 Å². The van der Waals surface area contributed by atoms with E-state index in [1.807, 2.05) is 25.1 Å². The molecule has 0 saturated heterocycles. The van der Waals surface area contributed by atoms with Crippen LogP contribution in [0, 0.1) is 18.3 Å². The molecule has 1 aliphatic rings. The van der Waals surface area contributed by atoms with Gasteiger partial charge in [-0.2, -0.15) is 5.26 Å². The lowest BCUT2D eigenvalue weighted by Crippen LogP contribution is -2.33. The number of ether oxygens (including phenoxy) is 5. The molecule has 0 unspecified atom stereocenters. The van der Waals surface area contributed by atoms with Gasteiger partial charge in [-0.05, 0) is 37.1 Å². The molecule has 0 saturated carbocycles. The Balaban J connectivity index is 1.83. The van der Waals surface area contributed by atoms with Crippen LogP contribution in [-0.4, -0.2) is 33.0 Å². The first-order valence-corrected chi connectivity index (χ1v) is 11.6. The fourth-order valence-electron chi connectivity index (χ4n) is 4.69. The second-order valence-corrected chi connectivity index (χ2v) is 8.47. The summed E-state index contributed by atoms with van der Waals surface area (Å²) in [5.41, 5.74) is 8.59. The fourth-order valence-corrected chi connectivity index (χ4v) is 4.69. The van der Waals surface area contributed by atoms with Crippen LogP contribution in [0.5, 0.6) is 28.7 Å². The number of fused-ring (bicyclic) bond motifs is 1. The number of hydrogen-bond donors (Lipinski definition) is 1. The number of aryl methyl sites for hydroxylation is 2. The molecule has 0 radical (unpaired) electrons. The van der Waals surface area contributed by atoms with E-state index < -0.39 is 5.92 Å². The van der Waals surface area contributed by atoms with Crippen LogP contribution in [0.25, 0.3) is 0 Å². The summed E-state index contributed by atoms with van der Waals surface area (Å²) >= 11 is 0. The van der Waals surface area contributed by atoms with Gasteiger partial charge in [0.05, 0.1) is 39.9 Å². The Morgan fingerprint density at radius 2 is 1.73 bits per heavy atom. The first-order chi connectivity index (χ1) is 17.9. The van der Waals surface area contributed by atoms with E-state index in [4.69, 9.17) is 29.4 Å². The van der Waals surface area contributed by atoms with Gasteiger partial charge >= 0.3 is 0 Å². The highest BCUT2D eigenvalue weighted by Crippen LogP contribution is 2.46. The predicted molar refractivity (Wildman–Crippen MR) is 138 cm³/mol. The number of rotatable bonds is 8. The van der Waals surface area contributed by atoms with Crippen molar-refractivity contribution in [2.45, 2.75) is 25.8 Å². The van der Waals surface area contributed by atoms with E-state index in [0.717, 1.165) is 5.56 Å². The summed E-state index contributed by atoms with van der Waals surface area (Å²) in [6.07, 6.45) is 0.566. The first-order valence-electron chi connectivity index (χ1n) is 11.6. The molecule has 0 fully saturated rings. The summed E-state index contributed by atoms with van der Waals surface area (Å²) in [7, 11) is 6.20. The number of benzene rings is 2. The van der Waals surface area contributed by atoms with Gasteiger partial charge in [0.2, 0.25) is 5.88 Å². The Bertz CT molecular complexity index is 1470. The van der Waals surface area contributed by atoms with Crippen LogP contribution in [0.3, 0.4) is 0 Å². The number of nitrogens with zero attached hydrogens (tertiary/aromatic N) is 2. The van der Waals surface area contributed by atoms with Crippen LogP contribution >= 0.6 is 0 Å². The van der Waals surface area contributed by atoms with E-state index in [2.05, 4.69) is 6.07 Å². The first kappa shape index (κ1) is 25.5. The van der Waals surface area contributed by atoms with Crippen molar-refractivity contribution in [3.63, 3.8) is 0 Å². The minimum atomic E-state index is -0.792. The molecular formula is C28H29N3O6. The lowest BCUT2D eigenvalue weighted by atomic mass is 9.83. The van der Waals surface area contributed by atoms with Crippen molar-refractivity contribution in [2.24, 2.45) is 5.73 Å². The molecule has 1 atom stereocenters. The summed E-state index contributed by atoms with van der Waals surface area (Å²) in [5.74, 6) is 1.62. The third kappa shape index (κ3) is 4.54. The Morgan fingerprint density at radius 3 is 2.38 bits per heavy atom. The molecule has 1 aromatic heterocycles. The zero-order valence-corrected chi connectivity index (χ0v) is 21.5. The van der Waals surface area contributed by atoms with E-state index in [1.165, 1.54) is 14.2 Å². The molecule has 37 heavy (non-hydrogen) atoms. The van der Waals surface area contributed by atoms with E-state index >= 15 is 0 Å². The quantitative estimate of drug-likeness (QED) is 0.495. The van der Waals surface area contributed by atoms with Gasteiger partial charge in [0, 0.05) is 23.9 Å². The van der Waals surface area contributed by atoms with Gasteiger partial charge in [0.25, 0.3) is 5.56 Å². The SMILES string of the molecule is COc1ccc(CCn2c(C)cc3c(c2=O)[C@H](c2cccc(OC)c2OC)C(C#N)=C(N)O3)cc1OC. The fraction of sp³-hybridized carbons (Fsp3) is 0.286. The second-order valence-electron chi connectivity index (χ2n) is 8.47. The number of allylic oxidation sites excluding steroid dienone is 1. The maximum absolute atomic E-state index is 14.0. The monoisotopic (exact) mass is 503 g/mol. The number of hydrogen-bond acceptors (Lipinski definition) is 8. The summed E-state index contributed by atoms with van der Waals surface area (Å²) < 4.78 is 29.3. The zero-order chi connectivity index (χ0) is 26.7. The minimum absolute atomic E-state index is 0.0493. The smallest absolute Gasteiger partial charge is 0.258 e. The van der Waals surface area contributed by atoms with Crippen LogP contribution in [0.4, 0.5) is 0 Å². The maximum Gasteiger partial charge on any atom is 0.258 e. The molecule has 2 N–H and O–H groups in total. The van der Waals surface area contributed by atoms with Gasteiger partial charge in [0.1, 0.15) is 17.4 Å². The average Bonchev–Trinajstić information content (AvgIpc) is 2.91. The van der Waals surface area contributed by atoms with Crippen LogP contribution in [0.2, 0.25) is 0 Å². The van der Waals surface area contributed by atoms with Crippen molar-refractivity contribution < 1.29 is 23.7 Å². The zero-order valence-electron chi connectivity index (χ0n) is 21.5. The van der Waals surface area contributed by atoms with Crippen molar-refractivity contribution in [3.8, 4) is 34.8 Å². The van der Waals surface area contributed by atoms with Crippen molar-refractivity contribution in [3.05, 3.63) is 86.7 Å². The normalized spacial score (nSPS) is 14.3. The number of aromatic nitrogens is 1. The molecule has 0 bridgehead atoms. The Kier molecular flexibility index (Phi) is 7.30. The van der Waals surface area contributed by atoms with Crippen molar-refractivity contribution in [1.29, 1.82) is 5.26 Å². The summed E-state index contributed by atoms with van der Waals surface area (Å²) in [5, 5.41) is 10.00. The molecule has 1 aliphatic heterocycles. The molecule has 0 amide bonds. The number of nitriles is 1. The molecule has 0 spiro atoms. The van der Waals surface area contributed by atoms with Gasteiger partial charge in [0.15, 0.2) is 23.0 Å². The molecule has 192 valence electrons. The number of para-hydroxylation sites is 1. The largest absolute Gasteiger partial charge is 0.493 e. The molecule has 9 heteroatoms. The molecule has 2 aromatic carbocycles. The number of pyridine rings is 1. The standard InChI is InChI=1S/C28H29N3O6/c1-16-13-23-25(28(32)31(16)12-11-17-9-10-20(33-2)22(14-17)35-4)24(19(15-29)27(30)37-23)18-7-6-8-21(34-3)26(18)36-5/h6-10,13-14,24H,11-12,30H2,1-5H3/t24-/m1/s1. The van der Waals surface area contributed by atoms with Gasteiger partial charge in [-0.25, -0.2) is 0 Å². The van der Waals surface area contributed by atoms with Crippen LogP contribution < -0.4 is 35.0 Å². The Labute approximate surface area is 215 Å². The van der Waals surface area contributed by atoms with Crippen LogP contribution in [0.1, 0.15) is 28.3 Å². The van der Waals surface area contributed by atoms with Crippen LogP contribution in [-0.2, 0) is 13.0 Å². The highest BCUT2D eigenvalue weighted by Gasteiger charge is 2.36. The van der Waals surface area contributed by atoms with Gasteiger partial charge < -0.3 is 34.0 Å². The topological polar surface area (TPSA) is 118 Å². The second kappa shape index (κ2) is 10.6.